The molecule has 0 saturated heterocycles. The molecule has 4 aromatic carbocycles. The number of benzene rings is 4. The minimum atomic E-state index is -4.81. The summed E-state index contributed by atoms with van der Waals surface area (Å²) in [6.07, 6.45) is 0. The zero-order valence-electron chi connectivity index (χ0n) is 21.8. The summed E-state index contributed by atoms with van der Waals surface area (Å²) in [6, 6.07) is 19.8. The molecule has 5 N–H and O–H groups in total. The van der Waals surface area contributed by atoms with E-state index in [2.05, 4.69) is 40.7 Å². The van der Waals surface area contributed by atoms with Gasteiger partial charge in [0.25, 0.3) is 10.1 Å². The molecule has 13 nitrogen and oxygen atoms in total. The van der Waals surface area contributed by atoms with Crippen LogP contribution in [0.2, 0.25) is 0 Å². The van der Waals surface area contributed by atoms with Crippen molar-refractivity contribution in [2.24, 2.45) is 20.5 Å². The van der Waals surface area contributed by atoms with Crippen LogP contribution < -0.4 is 11.1 Å². The molecule has 0 radical (unpaired) electrons. The quantitative estimate of drug-likeness (QED) is 0.0928. The fourth-order valence-electron chi connectivity index (χ4n) is 4.00. The number of phenolic OH excluding ortho intramolecular Hbond substituents is 1. The zero-order valence-corrected chi connectivity index (χ0v) is 22.6. The van der Waals surface area contributed by atoms with Crippen LogP contribution in [0, 0.1) is 13.8 Å². The van der Waals surface area contributed by atoms with E-state index >= 15 is 0 Å². The van der Waals surface area contributed by atoms with Crippen LogP contribution in [0.25, 0.3) is 10.8 Å². The summed E-state index contributed by atoms with van der Waals surface area (Å²) >= 11 is 0. The van der Waals surface area contributed by atoms with Crippen LogP contribution in [-0.4, -0.2) is 33.0 Å². The van der Waals surface area contributed by atoms with Crippen LogP contribution in [-0.2, 0) is 10.1 Å². The standard InChI is InChI=1S/C27H23N9O4S/c1-15-29-16(2)31-27(30-15)32-19-9-6-10-20(14-19)34-36-25-22(41(38,39)40)13-17-11-12-21(24(28)23(17)26(25)37)35-33-18-7-4-3-5-8-18/h3-14,37H,28H2,1-2H3,(H,38,39,40)(H,29,30,31,32)/b35-33+,36-34+. The molecular weight excluding hydrogens is 546 g/mol. The summed E-state index contributed by atoms with van der Waals surface area (Å²) < 4.78 is 34.4. The van der Waals surface area contributed by atoms with Crippen molar-refractivity contribution in [3.05, 3.63) is 84.4 Å². The van der Waals surface area contributed by atoms with Crippen molar-refractivity contribution in [1.82, 2.24) is 15.0 Å². The third-order valence-corrected chi connectivity index (χ3v) is 6.64. The number of aryl methyl sites for hydroxylation is 2. The number of nitrogen functional groups attached to an aromatic ring is 1. The Hall–Kier alpha value is -5.34. The third-order valence-electron chi connectivity index (χ3n) is 5.77. The summed E-state index contributed by atoms with van der Waals surface area (Å²) in [4.78, 5) is 12.0. The lowest BCUT2D eigenvalue weighted by atomic mass is 10.1. The maximum absolute atomic E-state index is 12.2. The Balaban J connectivity index is 1.55. The lowest BCUT2D eigenvalue weighted by Crippen LogP contribution is -2.02. The molecule has 206 valence electrons. The molecule has 0 amide bonds. The number of hydrogen-bond acceptors (Lipinski definition) is 12. The van der Waals surface area contributed by atoms with Crippen LogP contribution in [0.15, 0.2) is 98.1 Å². The lowest BCUT2D eigenvalue weighted by Gasteiger charge is -2.12. The van der Waals surface area contributed by atoms with Gasteiger partial charge in [-0.1, -0.05) is 30.3 Å². The van der Waals surface area contributed by atoms with E-state index in [1.165, 1.54) is 12.1 Å². The van der Waals surface area contributed by atoms with Gasteiger partial charge in [-0.05, 0) is 61.7 Å². The minimum Gasteiger partial charge on any atom is -0.505 e. The molecule has 0 aliphatic rings. The van der Waals surface area contributed by atoms with Gasteiger partial charge in [0.05, 0.1) is 22.4 Å². The summed E-state index contributed by atoms with van der Waals surface area (Å²) in [5, 5.41) is 30.9. The fourth-order valence-corrected chi connectivity index (χ4v) is 4.65. The molecule has 41 heavy (non-hydrogen) atoms. The third kappa shape index (κ3) is 6.13. The van der Waals surface area contributed by atoms with Gasteiger partial charge >= 0.3 is 0 Å². The van der Waals surface area contributed by atoms with Crippen molar-refractivity contribution in [3.63, 3.8) is 0 Å². The Bertz CT molecular complexity index is 1930. The fraction of sp³-hybridized carbons (Fsp3) is 0.0741. The van der Waals surface area contributed by atoms with Gasteiger partial charge in [0.2, 0.25) is 5.95 Å². The van der Waals surface area contributed by atoms with Gasteiger partial charge in [0.1, 0.15) is 27.9 Å². The van der Waals surface area contributed by atoms with Crippen LogP contribution >= 0.6 is 0 Å². The van der Waals surface area contributed by atoms with Crippen LogP contribution in [0.1, 0.15) is 11.6 Å². The molecule has 14 heteroatoms. The van der Waals surface area contributed by atoms with Crippen molar-refractivity contribution in [1.29, 1.82) is 0 Å². The first-order valence-electron chi connectivity index (χ1n) is 12.1. The van der Waals surface area contributed by atoms with Crippen LogP contribution in [0.3, 0.4) is 0 Å². The number of aromatic hydroxyl groups is 1. The average molecular weight is 570 g/mol. The first-order chi connectivity index (χ1) is 19.6. The van der Waals surface area contributed by atoms with Gasteiger partial charge < -0.3 is 16.2 Å². The van der Waals surface area contributed by atoms with Crippen molar-refractivity contribution < 1.29 is 18.1 Å². The molecular formula is C27H23N9O4S. The van der Waals surface area contributed by atoms with E-state index < -0.39 is 26.5 Å². The number of nitrogens with two attached hydrogens (primary N) is 1. The van der Waals surface area contributed by atoms with E-state index in [-0.39, 0.29) is 22.1 Å². The second-order valence-electron chi connectivity index (χ2n) is 8.81. The Morgan fingerprint density at radius 2 is 1.49 bits per heavy atom. The minimum absolute atomic E-state index is 0.0344. The van der Waals surface area contributed by atoms with E-state index in [9.17, 15) is 18.1 Å². The van der Waals surface area contributed by atoms with Gasteiger partial charge in [-0.3, -0.25) is 4.55 Å². The number of fused-ring (bicyclic) bond motifs is 1. The van der Waals surface area contributed by atoms with Gasteiger partial charge in [-0.25, -0.2) is 4.98 Å². The van der Waals surface area contributed by atoms with Gasteiger partial charge in [-0.15, -0.1) is 10.2 Å². The first kappa shape index (κ1) is 27.2. The Labute approximate surface area is 234 Å². The van der Waals surface area contributed by atoms with Crippen molar-refractivity contribution >= 4 is 61.0 Å². The predicted molar refractivity (Wildman–Crippen MR) is 154 cm³/mol. The largest absolute Gasteiger partial charge is 0.505 e. The maximum atomic E-state index is 12.2. The van der Waals surface area contributed by atoms with Gasteiger partial charge in [0, 0.05) is 5.69 Å². The molecule has 0 saturated carbocycles. The van der Waals surface area contributed by atoms with Crippen molar-refractivity contribution in [2.75, 3.05) is 11.1 Å². The number of hydrogen-bond donors (Lipinski definition) is 4. The summed E-state index contributed by atoms with van der Waals surface area (Å²) in [5.74, 6) is 0.827. The van der Waals surface area contributed by atoms with Crippen LogP contribution in [0.4, 0.5) is 40.1 Å². The smallest absolute Gasteiger partial charge is 0.296 e. The molecule has 0 spiro atoms. The van der Waals surface area contributed by atoms with Crippen molar-refractivity contribution in [3.8, 4) is 5.75 Å². The summed E-state index contributed by atoms with van der Waals surface area (Å²) in [7, 11) is -4.81. The Kier molecular flexibility index (Phi) is 7.33. The van der Waals surface area contributed by atoms with E-state index in [4.69, 9.17) is 5.73 Å². The highest BCUT2D eigenvalue weighted by molar-refractivity contribution is 7.86. The Morgan fingerprint density at radius 3 is 2.20 bits per heavy atom. The number of rotatable bonds is 7. The molecule has 1 heterocycles. The number of aromatic nitrogens is 3. The second kappa shape index (κ2) is 11.0. The zero-order chi connectivity index (χ0) is 29.1. The molecule has 0 atom stereocenters. The lowest BCUT2D eigenvalue weighted by molar-refractivity contribution is 0.472. The van der Waals surface area contributed by atoms with E-state index in [1.54, 1.807) is 62.4 Å². The van der Waals surface area contributed by atoms with E-state index in [0.717, 1.165) is 6.07 Å². The number of anilines is 3. The molecule has 0 aliphatic heterocycles. The number of phenols is 1. The van der Waals surface area contributed by atoms with Gasteiger partial charge in [0.15, 0.2) is 5.75 Å². The Morgan fingerprint density at radius 1 is 0.805 bits per heavy atom. The highest BCUT2D eigenvalue weighted by Crippen LogP contribution is 2.46. The average Bonchev–Trinajstić information content (AvgIpc) is 2.91. The van der Waals surface area contributed by atoms with Crippen molar-refractivity contribution in [2.45, 2.75) is 18.7 Å². The molecule has 5 aromatic rings. The maximum Gasteiger partial charge on any atom is 0.296 e. The molecule has 0 aliphatic carbocycles. The number of azo groups is 2. The van der Waals surface area contributed by atoms with Crippen LogP contribution in [0.5, 0.6) is 5.75 Å². The topological polar surface area (TPSA) is 201 Å². The van der Waals surface area contributed by atoms with E-state index in [1.807, 2.05) is 6.07 Å². The highest BCUT2D eigenvalue weighted by Gasteiger charge is 2.24. The van der Waals surface area contributed by atoms with E-state index in [0.29, 0.717) is 34.7 Å². The summed E-state index contributed by atoms with van der Waals surface area (Å²) in [6.45, 7) is 3.49. The number of nitrogens with one attached hydrogen (secondary N) is 1. The molecule has 1 aromatic heterocycles. The molecule has 5 rings (SSSR count). The second-order valence-corrected chi connectivity index (χ2v) is 10.2. The highest BCUT2D eigenvalue weighted by atomic mass is 32.2. The summed E-state index contributed by atoms with van der Waals surface area (Å²) in [5.41, 5.74) is 7.55. The molecule has 0 fully saturated rings. The number of nitrogens with zero attached hydrogens (tertiary/aromatic N) is 7. The SMILES string of the molecule is Cc1nc(C)nc(Nc2cccc(/N=N/c3c(S(=O)(=O)O)cc4ccc(/N=N/c5ccccc5)c(N)c4c3O)c2)n1. The van der Waals surface area contributed by atoms with Gasteiger partial charge in [-0.2, -0.15) is 28.6 Å². The predicted octanol–water partition coefficient (Wildman–Crippen LogP) is 6.75. The first-order valence-corrected chi connectivity index (χ1v) is 13.5. The molecule has 0 bridgehead atoms. The monoisotopic (exact) mass is 569 g/mol. The normalized spacial score (nSPS) is 12.0. The molecule has 0 unspecified atom stereocenters.